The lowest BCUT2D eigenvalue weighted by Crippen LogP contribution is -2.30. The van der Waals surface area contributed by atoms with Crippen molar-refractivity contribution in [2.75, 3.05) is 13.2 Å². The van der Waals surface area contributed by atoms with Gasteiger partial charge in [0.05, 0.1) is 0 Å². The lowest BCUT2D eigenvalue weighted by atomic mass is 10.1. The number of unbranched alkanes of at least 4 members (excludes halogenated alkanes) is 22. The standard InChI is InChI=1S/C61H102O6/c1-4-7-10-13-16-19-22-25-28-29-30-31-34-36-39-42-45-48-51-54-60(63)66-57-58(67-61(64)55-52-49-46-43-40-37-33-27-24-21-18-15-12-9-6-3)56-65-59(62)53-50-47-44-41-38-35-32-26-23-20-17-14-11-8-5-2/h9,12,16-21,25-28,32-33,38,41,58H,4-8,10-11,13-15,22-24,29-31,34-37,39-40,42-57H2,1-3H3/b12-9-,19-16-,20-17-,21-18-,28-25-,32-26-,33-27-,41-38-/t58-/m1/s1. The van der Waals surface area contributed by atoms with Crippen LogP contribution in [-0.4, -0.2) is 37.2 Å². The summed E-state index contributed by atoms with van der Waals surface area (Å²) in [6.07, 6.45) is 72.5. The summed E-state index contributed by atoms with van der Waals surface area (Å²) in [5.41, 5.74) is 0. The molecule has 0 aliphatic rings. The van der Waals surface area contributed by atoms with Crippen molar-refractivity contribution in [3.63, 3.8) is 0 Å². The Morgan fingerprint density at radius 1 is 0.313 bits per heavy atom. The molecule has 1 atom stereocenters. The van der Waals surface area contributed by atoms with E-state index in [9.17, 15) is 14.4 Å². The first-order valence-corrected chi connectivity index (χ1v) is 27.7. The summed E-state index contributed by atoms with van der Waals surface area (Å²) < 4.78 is 16.8. The van der Waals surface area contributed by atoms with Crippen LogP contribution in [-0.2, 0) is 28.6 Å². The number of carbonyl (C=O) groups is 3. The molecule has 0 aromatic carbocycles. The van der Waals surface area contributed by atoms with E-state index in [0.717, 1.165) is 116 Å². The topological polar surface area (TPSA) is 78.9 Å². The van der Waals surface area contributed by atoms with Gasteiger partial charge < -0.3 is 14.2 Å². The van der Waals surface area contributed by atoms with Gasteiger partial charge in [-0.25, -0.2) is 0 Å². The minimum absolute atomic E-state index is 0.0997. The molecule has 0 aromatic heterocycles. The predicted molar refractivity (Wildman–Crippen MR) is 288 cm³/mol. The van der Waals surface area contributed by atoms with E-state index < -0.39 is 6.10 Å². The molecule has 67 heavy (non-hydrogen) atoms. The van der Waals surface area contributed by atoms with E-state index in [1.807, 2.05) is 0 Å². The van der Waals surface area contributed by atoms with Gasteiger partial charge in [-0.05, 0) is 122 Å². The van der Waals surface area contributed by atoms with Gasteiger partial charge >= 0.3 is 17.9 Å². The van der Waals surface area contributed by atoms with Crippen LogP contribution in [0.15, 0.2) is 97.2 Å². The van der Waals surface area contributed by atoms with Crippen molar-refractivity contribution in [1.82, 2.24) is 0 Å². The summed E-state index contributed by atoms with van der Waals surface area (Å²) in [5.74, 6) is -0.960. The monoisotopic (exact) mass is 931 g/mol. The molecular weight excluding hydrogens is 829 g/mol. The van der Waals surface area contributed by atoms with Crippen LogP contribution in [0.1, 0.15) is 252 Å². The Hall–Kier alpha value is -3.67. The maximum atomic E-state index is 12.8. The summed E-state index contributed by atoms with van der Waals surface area (Å²) in [4.78, 5) is 38.1. The van der Waals surface area contributed by atoms with Gasteiger partial charge in [0.25, 0.3) is 0 Å². The van der Waals surface area contributed by atoms with Crippen molar-refractivity contribution in [1.29, 1.82) is 0 Å². The average molecular weight is 931 g/mol. The minimum atomic E-state index is -0.805. The first-order valence-electron chi connectivity index (χ1n) is 27.7. The van der Waals surface area contributed by atoms with Gasteiger partial charge in [-0.2, -0.15) is 0 Å². The fraction of sp³-hybridized carbons (Fsp3) is 0.689. The zero-order chi connectivity index (χ0) is 48.6. The van der Waals surface area contributed by atoms with Gasteiger partial charge in [-0.15, -0.1) is 0 Å². The van der Waals surface area contributed by atoms with Gasteiger partial charge in [0.1, 0.15) is 13.2 Å². The number of esters is 3. The highest BCUT2D eigenvalue weighted by Gasteiger charge is 2.19. The van der Waals surface area contributed by atoms with Crippen molar-refractivity contribution in [3.05, 3.63) is 97.2 Å². The molecule has 0 spiro atoms. The van der Waals surface area contributed by atoms with E-state index in [1.54, 1.807) is 0 Å². The molecule has 0 aliphatic carbocycles. The number of ether oxygens (including phenoxy) is 3. The molecule has 0 aliphatic heterocycles. The van der Waals surface area contributed by atoms with Crippen molar-refractivity contribution < 1.29 is 28.6 Å². The molecular formula is C61H102O6. The molecule has 0 bridgehead atoms. The van der Waals surface area contributed by atoms with Crippen LogP contribution in [0, 0.1) is 0 Å². The molecule has 0 saturated carbocycles. The third-order valence-corrected chi connectivity index (χ3v) is 11.5. The highest BCUT2D eigenvalue weighted by Crippen LogP contribution is 2.14. The Labute approximate surface area is 413 Å². The van der Waals surface area contributed by atoms with Crippen LogP contribution in [0.4, 0.5) is 0 Å². The van der Waals surface area contributed by atoms with Crippen molar-refractivity contribution in [2.45, 2.75) is 258 Å². The van der Waals surface area contributed by atoms with Crippen LogP contribution < -0.4 is 0 Å². The molecule has 0 unspecified atom stereocenters. The third-order valence-electron chi connectivity index (χ3n) is 11.5. The summed E-state index contributed by atoms with van der Waals surface area (Å²) in [6.45, 7) is 6.42. The van der Waals surface area contributed by atoms with E-state index in [-0.39, 0.29) is 31.1 Å². The highest BCUT2D eigenvalue weighted by atomic mass is 16.6. The summed E-state index contributed by atoms with van der Waals surface area (Å²) in [5, 5.41) is 0. The summed E-state index contributed by atoms with van der Waals surface area (Å²) >= 11 is 0. The van der Waals surface area contributed by atoms with Crippen LogP contribution in [0.3, 0.4) is 0 Å². The Morgan fingerprint density at radius 2 is 0.582 bits per heavy atom. The number of hydrogen-bond acceptors (Lipinski definition) is 6. The molecule has 382 valence electrons. The normalized spacial score (nSPS) is 12.8. The molecule has 6 nitrogen and oxygen atoms in total. The van der Waals surface area contributed by atoms with Crippen molar-refractivity contribution in [3.8, 4) is 0 Å². The van der Waals surface area contributed by atoms with E-state index in [2.05, 4.69) is 118 Å². The zero-order valence-corrected chi connectivity index (χ0v) is 43.6. The number of allylic oxidation sites excluding steroid dienone is 16. The van der Waals surface area contributed by atoms with Crippen LogP contribution in [0.5, 0.6) is 0 Å². The fourth-order valence-electron chi connectivity index (χ4n) is 7.37. The largest absolute Gasteiger partial charge is 0.462 e. The second-order valence-corrected chi connectivity index (χ2v) is 18.1. The third kappa shape index (κ3) is 53.2. The quantitative estimate of drug-likeness (QED) is 0.0262. The molecule has 0 rings (SSSR count). The summed E-state index contributed by atoms with van der Waals surface area (Å²) in [7, 11) is 0. The van der Waals surface area contributed by atoms with Crippen LogP contribution >= 0.6 is 0 Å². The van der Waals surface area contributed by atoms with Gasteiger partial charge in [0, 0.05) is 19.3 Å². The predicted octanol–water partition coefficient (Wildman–Crippen LogP) is 18.5. The Morgan fingerprint density at radius 3 is 0.940 bits per heavy atom. The molecule has 0 radical (unpaired) electrons. The lowest BCUT2D eigenvalue weighted by molar-refractivity contribution is -0.167. The molecule has 6 heteroatoms. The van der Waals surface area contributed by atoms with Gasteiger partial charge in [0.2, 0.25) is 0 Å². The molecule has 0 fully saturated rings. The maximum Gasteiger partial charge on any atom is 0.306 e. The smallest absolute Gasteiger partial charge is 0.306 e. The van der Waals surface area contributed by atoms with E-state index >= 15 is 0 Å². The molecule has 0 N–H and O–H groups in total. The van der Waals surface area contributed by atoms with E-state index in [0.29, 0.717) is 19.3 Å². The second kappa shape index (κ2) is 54.9. The van der Waals surface area contributed by atoms with E-state index in [1.165, 1.54) is 96.3 Å². The molecule has 0 aromatic rings. The Balaban J connectivity index is 4.46. The summed E-state index contributed by atoms with van der Waals surface area (Å²) in [6, 6.07) is 0. The maximum absolute atomic E-state index is 12.8. The van der Waals surface area contributed by atoms with Gasteiger partial charge in [-0.3, -0.25) is 14.4 Å². The number of rotatable bonds is 49. The number of hydrogen-bond donors (Lipinski definition) is 0. The fourth-order valence-corrected chi connectivity index (χ4v) is 7.37. The number of carbonyl (C=O) groups excluding carboxylic acids is 3. The molecule has 0 heterocycles. The first kappa shape index (κ1) is 63.3. The Kier molecular flexibility index (Phi) is 51.9. The SMILES string of the molecule is CC/C=C\C/C=C\C/C=C\CCCCCCCC(=O)O[C@H](COC(=O)CCCC/C=C\C/C=C\C/C=C\CCCCC)COC(=O)CCCCCCCCCCC/C=C\C/C=C\CCCCC. The first-order chi connectivity index (χ1) is 33.0. The average Bonchev–Trinajstić information content (AvgIpc) is 3.33. The zero-order valence-electron chi connectivity index (χ0n) is 43.6. The highest BCUT2D eigenvalue weighted by molar-refractivity contribution is 5.71. The molecule has 0 saturated heterocycles. The van der Waals surface area contributed by atoms with Crippen LogP contribution in [0.25, 0.3) is 0 Å². The van der Waals surface area contributed by atoms with Crippen molar-refractivity contribution >= 4 is 17.9 Å². The van der Waals surface area contributed by atoms with Gasteiger partial charge in [0.15, 0.2) is 6.10 Å². The Bertz CT molecular complexity index is 1350. The van der Waals surface area contributed by atoms with Crippen LogP contribution in [0.2, 0.25) is 0 Å². The van der Waals surface area contributed by atoms with E-state index in [4.69, 9.17) is 14.2 Å². The van der Waals surface area contributed by atoms with Crippen molar-refractivity contribution in [2.24, 2.45) is 0 Å². The molecule has 0 amide bonds. The van der Waals surface area contributed by atoms with Gasteiger partial charge in [-0.1, -0.05) is 208 Å². The lowest BCUT2D eigenvalue weighted by Gasteiger charge is -2.18. The minimum Gasteiger partial charge on any atom is -0.462 e. The second-order valence-electron chi connectivity index (χ2n) is 18.1.